The second kappa shape index (κ2) is 11.1. The lowest BCUT2D eigenvalue weighted by Crippen LogP contribution is -2.50. The maximum Gasteiger partial charge on any atom is 0.182 e. The molecule has 4 aromatic rings. The Morgan fingerprint density at radius 1 is 1.14 bits per heavy atom. The molecule has 3 aliphatic rings. The molecule has 6 heterocycles. The molecule has 0 radical (unpaired) electrons. The molecule has 1 unspecified atom stereocenters. The number of benzene rings is 1. The summed E-state index contributed by atoms with van der Waals surface area (Å²) < 4.78 is 26.2. The van der Waals surface area contributed by atoms with Crippen molar-refractivity contribution < 1.29 is 9.29 Å². The summed E-state index contributed by atoms with van der Waals surface area (Å²) in [6.07, 6.45) is 8.10. The number of nitrogens with one attached hydrogen (secondary N) is 1. The van der Waals surface area contributed by atoms with E-state index < -0.39 is 11.4 Å². The summed E-state index contributed by atoms with van der Waals surface area (Å²) >= 11 is 11.8. The summed E-state index contributed by atoms with van der Waals surface area (Å²) in [5.41, 5.74) is 3.57. The molecule has 2 fully saturated rings. The van der Waals surface area contributed by atoms with Gasteiger partial charge in [0, 0.05) is 42.0 Å². The van der Waals surface area contributed by atoms with Gasteiger partial charge in [-0.2, -0.15) is 5.10 Å². The quantitative estimate of drug-likeness (QED) is 0.281. The second-order valence-corrected chi connectivity index (χ2v) is 15.5. The number of anilines is 1. The van der Waals surface area contributed by atoms with E-state index in [2.05, 4.69) is 19.9 Å². The Morgan fingerprint density at radius 3 is 2.70 bits per heavy atom. The SMILES string of the molecule is CC(C)(C)[S@@+]([O-])N[C@@H]1c2cnnn2CC12CCN(c1cnc3c(-c4cccc(Cl)c4Cl)nn(C4CCCCO4)c3n1)CC2. The Labute approximate surface area is 263 Å². The van der Waals surface area contributed by atoms with Crippen LogP contribution in [0.25, 0.3) is 22.4 Å². The van der Waals surface area contributed by atoms with Gasteiger partial charge >= 0.3 is 0 Å². The average molecular weight is 645 g/mol. The minimum Gasteiger partial charge on any atom is -0.598 e. The number of halogens is 2. The molecule has 3 aliphatic heterocycles. The van der Waals surface area contributed by atoms with Gasteiger partial charge in [-0.05, 0) is 58.9 Å². The van der Waals surface area contributed by atoms with Crippen molar-refractivity contribution in [2.24, 2.45) is 5.41 Å². The van der Waals surface area contributed by atoms with Crippen LogP contribution in [-0.2, 0) is 22.6 Å². The molecule has 3 atom stereocenters. The maximum atomic E-state index is 13.2. The van der Waals surface area contributed by atoms with Crippen molar-refractivity contribution in [1.82, 2.24) is 39.5 Å². The van der Waals surface area contributed by atoms with Crippen LogP contribution in [0.4, 0.5) is 5.82 Å². The van der Waals surface area contributed by atoms with E-state index in [4.69, 9.17) is 43.0 Å². The van der Waals surface area contributed by atoms with Gasteiger partial charge in [-0.1, -0.05) is 40.5 Å². The van der Waals surface area contributed by atoms with Crippen molar-refractivity contribution in [2.45, 2.75) is 76.4 Å². The fraction of sp³-hybridized carbons (Fsp3) is 0.552. The number of nitrogens with zero attached hydrogens (tertiary/aromatic N) is 8. The predicted octanol–water partition coefficient (Wildman–Crippen LogP) is 5.48. The van der Waals surface area contributed by atoms with Gasteiger partial charge < -0.3 is 14.2 Å². The molecule has 0 amide bonds. The molecule has 1 spiro atoms. The third kappa shape index (κ3) is 5.19. The van der Waals surface area contributed by atoms with Gasteiger partial charge in [0.1, 0.15) is 27.8 Å². The molecule has 14 heteroatoms. The molecule has 43 heavy (non-hydrogen) atoms. The second-order valence-electron chi connectivity index (χ2n) is 12.7. The third-order valence-electron chi connectivity index (χ3n) is 8.91. The van der Waals surface area contributed by atoms with Crippen molar-refractivity contribution in [1.29, 1.82) is 0 Å². The molecule has 0 saturated carbocycles. The van der Waals surface area contributed by atoms with Gasteiger partial charge in [-0.25, -0.2) is 19.3 Å². The number of aromatic nitrogens is 7. The van der Waals surface area contributed by atoms with E-state index in [1.54, 1.807) is 12.3 Å². The van der Waals surface area contributed by atoms with Crippen molar-refractivity contribution >= 4 is 51.5 Å². The van der Waals surface area contributed by atoms with Gasteiger partial charge in [0.25, 0.3) is 0 Å². The summed E-state index contributed by atoms with van der Waals surface area (Å²) in [6, 6.07) is 5.44. The van der Waals surface area contributed by atoms with Crippen LogP contribution in [0.2, 0.25) is 10.0 Å². The van der Waals surface area contributed by atoms with E-state index in [1.165, 1.54) is 0 Å². The zero-order valence-corrected chi connectivity index (χ0v) is 26.8. The Bertz CT molecular complexity index is 1640. The highest BCUT2D eigenvalue weighted by molar-refractivity contribution is 7.90. The number of rotatable bonds is 5. The van der Waals surface area contributed by atoms with Gasteiger partial charge in [-0.3, -0.25) is 0 Å². The summed E-state index contributed by atoms with van der Waals surface area (Å²) in [5.74, 6) is 0.795. The molecule has 3 aromatic heterocycles. The molecule has 11 nitrogen and oxygen atoms in total. The van der Waals surface area contributed by atoms with Gasteiger partial charge in [0.05, 0.1) is 34.7 Å². The number of ether oxygens (including phenoxy) is 1. The van der Waals surface area contributed by atoms with Crippen LogP contribution in [0.1, 0.15) is 70.8 Å². The zero-order valence-electron chi connectivity index (χ0n) is 24.5. The van der Waals surface area contributed by atoms with Crippen molar-refractivity contribution in [2.75, 3.05) is 24.6 Å². The molecule has 7 rings (SSSR count). The van der Waals surface area contributed by atoms with E-state index in [-0.39, 0.29) is 22.4 Å². The Balaban J connectivity index is 1.19. The van der Waals surface area contributed by atoms with E-state index in [0.29, 0.717) is 33.5 Å². The number of hydrogen-bond acceptors (Lipinski definition) is 9. The molecule has 0 aliphatic carbocycles. The lowest BCUT2D eigenvalue weighted by atomic mass is 9.74. The average Bonchev–Trinajstić information content (AvgIpc) is 3.68. The predicted molar refractivity (Wildman–Crippen MR) is 167 cm³/mol. The lowest BCUT2D eigenvalue weighted by molar-refractivity contribution is -0.0368. The minimum absolute atomic E-state index is 0.0897. The van der Waals surface area contributed by atoms with Crippen LogP contribution in [0.15, 0.2) is 30.6 Å². The summed E-state index contributed by atoms with van der Waals surface area (Å²) in [6.45, 7) is 8.94. The molecular weight excluding hydrogens is 609 g/mol. The summed E-state index contributed by atoms with van der Waals surface area (Å²) in [5, 5.41) is 14.3. The molecule has 228 valence electrons. The van der Waals surface area contributed by atoms with E-state index in [9.17, 15) is 4.55 Å². The van der Waals surface area contributed by atoms with Crippen LogP contribution in [0.3, 0.4) is 0 Å². The normalized spacial score (nSPS) is 22.8. The van der Waals surface area contributed by atoms with Gasteiger partial charge in [-0.15, -0.1) is 9.82 Å². The Kier molecular flexibility index (Phi) is 7.58. The monoisotopic (exact) mass is 643 g/mol. The van der Waals surface area contributed by atoms with Gasteiger partial charge in [0.2, 0.25) is 0 Å². The first-order valence-electron chi connectivity index (χ1n) is 14.8. The van der Waals surface area contributed by atoms with Crippen LogP contribution >= 0.6 is 23.2 Å². The highest BCUT2D eigenvalue weighted by atomic mass is 35.5. The highest BCUT2D eigenvalue weighted by Gasteiger charge is 2.52. The zero-order chi connectivity index (χ0) is 29.9. The van der Waals surface area contributed by atoms with Crippen LogP contribution in [0.5, 0.6) is 0 Å². The fourth-order valence-corrected chi connectivity index (χ4v) is 7.78. The summed E-state index contributed by atoms with van der Waals surface area (Å²) in [7, 11) is 0. The number of fused-ring (bicyclic) bond motifs is 2. The standard InChI is InChI=1S/C29H35Cl2N9O2S/c1-28(2,3)43(41)36-26-20-15-33-37-39(20)17-29(26)10-12-38(13-11-29)21-16-32-25-24(18-7-6-8-19(30)23(18)31)35-40(27(25)34-21)22-9-4-5-14-42-22/h6-8,15-16,22,26,36H,4-5,9-14,17H2,1-3H3/t22?,26-,43-/m1/s1. The first kappa shape index (κ1) is 29.2. The minimum atomic E-state index is -1.22. The number of piperidine rings is 1. The first-order chi connectivity index (χ1) is 20.6. The van der Waals surface area contributed by atoms with E-state index >= 15 is 0 Å². The third-order valence-corrected chi connectivity index (χ3v) is 11.3. The fourth-order valence-electron chi connectivity index (χ4n) is 6.45. The smallest absolute Gasteiger partial charge is 0.182 e. The van der Waals surface area contributed by atoms with Crippen LogP contribution < -0.4 is 9.62 Å². The van der Waals surface area contributed by atoms with E-state index in [1.807, 2.05) is 48.5 Å². The maximum absolute atomic E-state index is 13.2. The Morgan fingerprint density at radius 2 is 1.95 bits per heavy atom. The van der Waals surface area contributed by atoms with Gasteiger partial charge in [0.15, 0.2) is 11.9 Å². The largest absolute Gasteiger partial charge is 0.598 e. The van der Waals surface area contributed by atoms with E-state index in [0.717, 1.165) is 68.8 Å². The topological polar surface area (TPSA) is 122 Å². The summed E-state index contributed by atoms with van der Waals surface area (Å²) in [4.78, 5) is 12.3. The molecular formula is C29H35Cl2N9O2S. The molecule has 1 N–H and O–H groups in total. The van der Waals surface area contributed by atoms with Crippen LogP contribution in [0, 0.1) is 5.41 Å². The van der Waals surface area contributed by atoms with Crippen LogP contribution in [-0.4, -0.2) is 63.7 Å². The number of hydrogen-bond donors (Lipinski definition) is 1. The lowest BCUT2D eigenvalue weighted by Gasteiger charge is -2.43. The van der Waals surface area contributed by atoms with Crippen molar-refractivity contribution in [3.05, 3.63) is 46.3 Å². The molecule has 0 bridgehead atoms. The van der Waals surface area contributed by atoms with Crippen molar-refractivity contribution in [3.63, 3.8) is 0 Å². The molecule has 1 aromatic carbocycles. The highest BCUT2D eigenvalue weighted by Crippen LogP contribution is 2.50. The van der Waals surface area contributed by atoms with Crippen molar-refractivity contribution in [3.8, 4) is 11.3 Å². The Hall–Kier alpha value is -2.48. The molecule has 2 saturated heterocycles. The first-order valence-corrected chi connectivity index (χ1v) is 16.7.